The van der Waals surface area contributed by atoms with Gasteiger partial charge in [0.15, 0.2) is 23.4 Å². The van der Waals surface area contributed by atoms with Crippen molar-refractivity contribution in [3.8, 4) is 11.5 Å². The average Bonchev–Trinajstić information content (AvgIpc) is 2.90. The Hall–Kier alpha value is -5.26. The zero-order valence-corrected chi connectivity index (χ0v) is 21.3. The molecule has 10 N–H and O–H groups in total. The fourth-order valence-corrected chi connectivity index (χ4v) is 3.32. The zero-order valence-electron chi connectivity index (χ0n) is 21.3. The molecule has 0 radical (unpaired) electrons. The van der Waals surface area contributed by atoms with Crippen LogP contribution in [0.5, 0.6) is 11.5 Å². The van der Waals surface area contributed by atoms with Crippen LogP contribution in [0.1, 0.15) is 11.1 Å². The molecule has 198 valence electrons. The summed E-state index contributed by atoms with van der Waals surface area (Å²) in [5.74, 6) is 0.714. The Morgan fingerprint density at radius 2 is 1.16 bits per heavy atom. The predicted molar refractivity (Wildman–Crippen MR) is 152 cm³/mol. The fourth-order valence-electron chi connectivity index (χ4n) is 3.32. The minimum atomic E-state index is -0.176. The second-order valence-corrected chi connectivity index (χ2v) is 8.20. The standard InChI is InChI=1S/C26H32N10O2/c1-35(25(31)33-23(27)28)19-12-10-17(11-13-19)15-37-21-8-3-4-9-22(21)38-16-18-6-5-7-20(14-18)36(2)26(32)34-24(29)30/h3-14H,15-16H2,1-2H3,(H5,27,28,31,33)(H5,29,30,32,34). The Kier molecular flexibility index (Phi) is 9.08. The SMILES string of the molecule is CN(C(=N)N=C(N)N)c1ccc(COc2ccccc2OCc2cccc(N(C)C(=N)N=C(N)N)c2)cc1. The molecular weight excluding hydrogens is 484 g/mol. The molecule has 0 aliphatic rings. The van der Waals surface area contributed by atoms with Crippen LogP contribution in [0.4, 0.5) is 11.4 Å². The van der Waals surface area contributed by atoms with E-state index in [2.05, 4.69) is 9.98 Å². The molecule has 3 aromatic carbocycles. The number of rotatable bonds is 8. The quantitative estimate of drug-likeness (QED) is 0.193. The van der Waals surface area contributed by atoms with E-state index in [4.69, 9.17) is 43.2 Å². The maximum absolute atomic E-state index is 8.00. The lowest BCUT2D eigenvalue weighted by Gasteiger charge is -2.18. The van der Waals surface area contributed by atoms with Gasteiger partial charge in [0.05, 0.1) is 0 Å². The van der Waals surface area contributed by atoms with Crippen LogP contribution in [0.25, 0.3) is 0 Å². The van der Waals surface area contributed by atoms with Gasteiger partial charge in [0, 0.05) is 25.5 Å². The number of nitrogens with one attached hydrogen (secondary N) is 2. The molecule has 0 unspecified atom stereocenters. The molecule has 3 rings (SSSR count). The fraction of sp³-hybridized carbons (Fsp3) is 0.154. The van der Waals surface area contributed by atoms with Gasteiger partial charge in [-0.1, -0.05) is 36.4 Å². The highest BCUT2D eigenvalue weighted by atomic mass is 16.5. The van der Waals surface area contributed by atoms with Crippen molar-refractivity contribution in [2.75, 3.05) is 23.9 Å². The molecule has 38 heavy (non-hydrogen) atoms. The highest BCUT2D eigenvalue weighted by Gasteiger charge is 2.10. The topological polar surface area (TPSA) is 201 Å². The molecule has 0 amide bonds. The van der Waals surface area contributed by atoms with Crippen molar-refractivity contribution < 1.29 is 9.47 Å². The first kappa shape index (κ1) is 27.3. The second-order valence-electron chi connectivity index (χ2n) is 8.20. The van der Waals surface area contributed by atoms with E-state index in [0.29, 0.717) is 24.7 Å². The van der Waals surface area contributed by atoms with Crippen LogP contribution in [0.3, 0.4) is 0 Å². The van der Waals surface area contributed by atoms with E-state index >= 15 is 0 Å². The first-order valence-corrected chi connectivity index (χ1v) is 11.5. The number of nitrogens with zero attached hydrogens (tertiary/aromatic N) is 4. The lowest BCUT2D eigenvalue weighted by molar-refractivity contribution is 0.256. The number of nitrogens with two attached hydrogens (primary N) is 4. The summed E-state index contributed by atoms with van der Waals surface area (Å²) < 4.78 is 12.1. The smallest absolute Gasteiger partial charge is 0.225 e. The Bertz CT molecular complexity index is 1330. The zero-order chi connectivity index (χ0) is 27.7. The summed E-state index contributed by atoms with van der Waals surface area (Å²) in [6.45, 7) is 0.614. The minimum absolute atomic E-state index is 0.0655. The largest absolute Gasteiger partial charge is 0.485 e. The van der Waals surface area contributed by atoms with Gasteiger partial charge in [-0.25, -0.2) is 0 Å². The first-order valence-electron chi connectivity index (χ1n) is 11.5. The predicted octanol–water partition coefficient (Wildman–Crippen LogP) is 2.13. The third-order valence-electron chi connectivity index (χ3n) is 5.36. The van der Waals surface area contributed by atoms with Gasteiger partial charge in [-0.15, -0.1) is 0 Å². The van der Waals surface area contributed by atoms with Crippen LogP contribution in [-0.4, -0.2) is 37.9 Å². The number of anilines is 2. The van der Waals surface area contributed by atoms with Crippen LogP contribution in [0.2, 0.25) is 0 Å². The molecule has 0 heterocycles. The Morgan fingerprint density at radius 1 is 0.658 bits per heavy atom. The van der Waals surface area contributed by atoms with Gasteiger partial charge in [-0.3, -0.25) is 10.8 Å². The van der Waals surface area contributed by atoms with Crippen LogP contribution < -0.4 is 42.2 Å². The minimum Gasteiger partial charge on any atom is -0.485 e. The van der Waals surface area contributed by atoms with Crippen molar-refractivity contribution in [2.24, 2.45) is 32.9 Å². The second kappa shape index (κ2) is 12.6. The van der Waals surface area contributed by atoms with Gasteiger partial charge in [-0.05, 0) is 47.5 Å². The van der Waals surface area contributed by atoms with E-state index in [-0.39, 0.29) is 23.8 Å². The summed E-state index contributed by atoms with van der Waals surface area (Å²) in [4.78, 5) is 10.6. The molecule has 0 aliphatic heterocycles. The Balaban J connectivity index is 1.62. The summed E-state index contributed by atoms with van der Waals surface area (Å²) in [5.41, 5.74) is 24.8. The highest BCUT2D eigenvalue weighted by Crippen LogP contribution is 2.29. The van der Waals surface area contributed by atoms with Crippen molar-refractivity contribution >= 4 is 35.2 Å². The van der Waals surface area contributed by atoms with Crippen LogP contribution in [0.15, 0.2) is 82.8 Å². The van der Waals surface area contributed by atoms with E-state index < -0.39 is 0 Å². The lowest BCUT2D eigenvalue weighted by Crippen LogP contribution is -2.30. The van der Waals surface area contributed by atoms with Crippen LogP contribution in [-0.2, 0) is 13.2 Å². The van der Waals surface area contributed by atoms with Gasteiger partial charge in [0.2, 0.25) is 11.9 Å². The normalized spacial score (nSPS) is 10.2. The van der Waals surface area contributed by atoms with Crippen molar-refractivity contribution in [1.29, 1.82) is 10.8 Å². The van der Waals surface area contributed by atoms with Crippen molar-refractivity contribution in [3.63, 3.8) is 0 Å². The molecule has 0 atom stereocenters. The lowest BCUT2D eigenvalue weighted by atomic mass is 10.2. The van der Waals surface area contributed by atoms with Gasteiger partial charge in [0.25, 0.3) is 0 Å². The molecule has 0 aromatic heterocycles. The van der Waals surface area contributed by atoms with Gasteiger partial charge in [0.1, 0.15) is 13.2 Å². The summed E-state index contributed by atoms with van der Waals surface area (Å²) in [7, 11) is 3.41. The Morgan fingerprint density at radius 3 is 1.68 bits per heavy atom. The number of aliphatic imine (C=N–C) groups is 2. The Labute approximate surface area is 221 Å². The van der Waals surface area contributed by atoms with Crippen molar-refractivity contribution in [1.82, 2.24) is 0 Å². The molecule has 0 bridgehead atoms. The van der Waals surface area contributed by atoms with Crippen LogP contribution in [0, 0.1) is 10.8 Å². The number of benzene rings is 3. The molecule has 0 spiro atoms. The van der Waals surface area contributed by atoms with E-state index in [1.54, 1.807) is 23.9 Å². The van der Waals surface area contributed by atoms with E-state index in [0.717, 1.165) is 22.5 Å². The summed E-state index contributed by atoms with van der Waals surface area (Å²) in [5, 5.41) is 15.9. The molecule has 0 saturated carbocycles. The maximum atomic E-state index is 8.00. The summed E-state index contributed by atoms with van der Waals surface area (Å²) >= 11 is 0. The van der Waals surface area contributed by atoms with Crippen LogP contribution >= 0.6 is 0 Å². The van der Waals surface area contributed by atoms with Gasteiger partial charge >= 0.3 is 0 Å². The molecular formula is C26H32N10O2. The third kappa shape index (κ3) is 7.62. The molecule has 3 aromatic rings. The maximum Gasteiger partial charge on any atom is 0.225 e. The van der Waals surface area contributed by atoms with E-state index in [9.17, 15) is 0 Å². The number of hydrogen-bond acceptors (Lipinski definition) is 4. The summed E-state index contributed by atoms with van der Waals surface area (Å²) in [6, 6.07) is 22.5. The number of ether oxygens (including phenoxy) is 2. The molecule has 12 nitrogen and oxygen atoms in total. The highest BCUT2D eigenvalue weighted by molar-refractivity contribution is 6.01. The van der Waals surface area contributed by atoms with Gasteiger partial charge < -0.3 is 42.2 Å². The number of para-hydroxylation sites is 2. The molecule has 12 heteroatoms. The monoisotopic (exact) mass is 516 g/mol. The number of guanidine groups is 4. The molecule has 0 saturated heterocycles. The number of hydrogen-bond donors (Lipinski definition) is 6. The summed E-state index contributed by atoms with van der Waals surface area (Å²) in [6.07, 6.45) is 0. The molecule has 0 fully saturated rings. The van der Waals surface area contributed by atoms with E-state index in [1.807, 2.05) is 72.8 Å². The van der Waals surface area contributed by atoms with Crippen molar-refractivity contribution in [2.45, 2.75) is 13.2 Å². The van der Waals surface area contributed by atoms with Crippen molar-refractivity contribution in [3.05, 3.63) is 83.9 Å². The average molecular weight is 517 g/mol. The third-order valence-corrected chi connectivity index (χ3v) is 5.36. The molecule has 0 aliphatic carbocycles. The van der Waals surface area contributed by atoms with Gasteiger partial charge in [-0.2, -0.15) is 9.98 Å². The first-order chi connectivity index (χ1) is 18.1. The van der Waals surface area contributed by atoms with E-state index in [1.165, 1.54) is 0 Å².